The smallest absolute Gasteiger partial charge is 0.410 e. The number of piperazine rings is 5. The van der Waals surface area contributed by atoms with Crippen LogP contribution in [-0.2, 0) is 37.7 Å². The van der Waals surface area contributed by atoms with Crippen LogP contribution in [0.4, 0.5) is 4.79 Å². The number of H-pyrrole nitrogens is 1. The predicted octanol–water partition coefficient (Wildman–Crippen LogP) is 17.0. The summed E-state index contributed by atoms with van der Waals surface area (Å²) >= 11 is 0. The van der Waals surface area contributed by atoms with Gasteiger partial charge in [0.05, 0.1) is 29.9 Å². The van der Waals surface area contributed by atoms with Crippen LogP contribution in [0, 0.1) is 0 Å². The minimum absolute atomic E-state index is 0.00235. The van der Waals surface area contributed by atoms with Gasteiger partial charge in [-0.05, 0) is 135 Å². The summed E-state index contributed by atoms with van der Waals surface area (Å²) < 4.78 is 30.0. The van der Waals surface area contributed by atoms with Gasteiger partial charge in [0, 0.05) is 226 Å². The number of nitrogens with zero attached hydrogens (tertiary/aromatic N) is 12. The Kier molecular flexibility index (Phi) is 27.6. The summed E-state index contributed by atoms with van der Waals surface area (Å²) in [5.41, 5.74) is 14.0. The number of nitrogens with one attached hydrogen (secondary N) is 1. The Labute approximate surface area is 759 Å². The van der Waals surface area contributed by atoms with Gasteiger partial charge in [-0.3, -0.25) is 48.6 Å². The van der Waals surface area contributed by atoms with E-state index in [0.717, 1.165) is 216 Å². The fraction of sp³-hybridized carbons (Fsp3) is 0.330. The number of benzene rings is 9. The van der Waals surface area contributed by atoms with Gasteiger partial charge < -0.3 is 62.0 Å². The molecule has 5 aromatic heterocycles. The van der Waals surface area contributed by atoms with Gasteiger partial charge in [0.25, 0.3) is 29.5 Å². The van der Waals surface area contributed by atoms with Crippen molar-refractivity contribution in [2.75, 3.05) is 144 Å². The van der Waals surface area contributed by atoms with Crippen LogP contribution in [0.2, 0.25) is 0 Å². The Balaban J connectivity index is 0.000000114. The van der Waals surface area contributed by atoms with E-state index < -0.39 is 5.60 Å². The number of furan rings is 2. The zero-order valence-corrected chi connectivity index (χ0v) is 75.1. The Morgan fingerprint density at radius 1 is 0.415 bits per heavy atom. The number of fused-ring (bicyclic) bond motifs is 7. The summed E-state index contributed by atoms with van der Waals surface area (Å²) in [6, 6.07) is 81.7. The van der Waals surface area contributed by atoms with E-state index in [2.05, 4.69) is 128 Å². The summed E-state index contributed by atoms with van der Waals surface area (Å²) in [4.78, 5) is 105. The van der Waals surface area contributed by atoms with Crippen molar-refractivity contribution < 1.29 is 51.8 Å². The third kappa shape index (κ3) is 21.1. The standard InChI is InChI=1S/C22H23N3O2.C22H23N3O.C22H22N2O3.C21H22N2O2.C19H25N3O3/c26-22(19-14-23-20-4-2-1-3-18(19)20)25-10-8-24(9-11-25)15-16-5-6-21-17(13-16)7-12-27-21;1-17(18-7-3-2-4-8-18)24-11-13-25(14-12-24)22(26)20-15-19-9-5-6-10-21(19)23-16-20;25-22(21-14-18-3-1-2-4-19(18)27-21)24-10-8-23(9-11-24)15-16-5-6-17-7-12-26-20(17)13-16;1-16(17-7-3-2-4-8-17)22-11-13-23(14-12-22)21(24)20-15-18-9-5-6-10-19(18)25-20;1-19(2,3)25-18(24)22-11-9-21(10-12-22)17(23)16-13-14-7-5-6-8-15(14)20(16)4/h1-6,13-14,23H,7-12,15H2;2-10,15-17H,11-14H2,1H3;1-6,13-14H,7-12,15H2;2-10,15-16H,11-14H2,1H3;5-8,13H,9-12H2,1-4H3. The molecule has 130 heavy (non-hydrogen) atoms. The molecule has 2 unspecified atom stereocenters. The number of rotatable bonds is 13. The van der Waals surface area contributed by atoms with Gasteiger partial charge >= 0.3 is 6.09 Å². The largest absolute Gasteiger partial charge is 0.493 e. The minimum Gasteiger partial charge on any atom is -0.493 e. The highest BCUT2D eigenvalue weighted by atomic mass is 16.6. The van der Waals surface area contributed by atoms with Gasteiger partial charge in [-0.2, -0.15) is 0 Å². The quantitative estimate of drug-likeness (QED) is 0.113. The molecule has 0 aliphatic carbocycles. The number of hydrogen-bond acceptors (Lipinski definition) is 16. The van der Waals surface area contributed by atoms with E-state index in [1.165, 1.54) is 33.4 Å². The molecule has 14 aromatic rings. The first-order valence-electron chi connectivity index (χ1n) is 45.6. The third-order valence-corrected chi connectivity index (χ3v) is 25.8. The van der Waals surface area contributed by atoms with Crippen LogP contribution >= 0.6 is 0 Å². The molecule has 5 saturated heterocycles. The maximum atomic E-state index is 12.9. The summed E-state index contributed by atoms with van der Waals surface area (Å²) in [5.74, 6) is 3.12. The van der Waals surface area contributed by atoms with Crippen molar-refractivity contribution in [3.63, 3.8) is 0 Å². The van der Waals surface area contributed by atoms with Crippen LogP contribution < -0.4 is 9.47 Å². The molecule has 21 rings (SSSR count). The highest BCUT2D eigenvalue weighted by molar-refractivity contribution is 6.07. The average Bonchev–Trinajstić information content (AvgIpc) is 1.54. The lowest BCUT2D eigenvalue weighted by molar-refractivity contribution is 0.0139. The lowest BCUT2D eigenvalue weighted by Gasteiger charge is -2.38. The number of amides is 6. The first kappa shape index (κ1) is 88.6. The second kappa shape index (κ2) is 40.5. The lowest BCUT2D eigenvalue weighted by atomic mass is 10.1. The van der Waals surface area contributed by atoms with Gasteiger partial charge in [0.15, 0.2) is 11.5 Å². The van der Waals surface area contributed by atoms with Crippen molar-refractivity contribution in [3.05, 3.63) is 317 Å². The highest BCUT2D eigenvalue weighted by Gasteiger charge is 2.34. The molecule has 670 valence electrons. The highest BCUT2D eigenvalue weighted by Crippen LogP contribution is 2.33. The fourth-order valence-electron chi connectivity index (χ4n) is 18.2. The van der Waals surface area contributed by atoms with Gasteiger partial charge in [0.1, 0.15) is 34.0 Å². The molecule has 0 radical (unpaired) electrons. The second-order valence-electron chi connectivity index (χ2n) is 35.4. The van der Waals surface area contributed by atoms with Gasteiger partial charge in [-0.25, -0.2) is 4.79 Å². The summed E-state index contributed by atoms with van der Waals surface area (Å²) in [7, 11) is 1.91. The molecule has 9 aromatic carbocycles. The summed E-state index contributed by atoms with van der Waals surface area (Å²) in [5, 5.41) is 5.02. The number of aromatic amines is 1. The lowest BCUT2D eigenvalue weighted by Crippen LogP contribution is -2.51. The number of carbonyl (C=O) groups excluding carboxylic acids is 6. The second-order valence-corrected chi connectivity index (χ2v) is 35.4. The molecule has 2 atom stereocenters. The Hall–Kier alpha value is -13.4. The zero-order valence-electron chi connectivity index (χ0n) is 75.1. The van der Waals surface area contributed by atoms with Crippen molar-refractivity contribution in [2.24, 2.45) is 7.05 Å². The number of aryl methyl sites for hydroxylation is 1. The molecule has 1 N–H and O–H groups in total. The van der Waals surface area contributed by atoms with Crippen LogP contribution in [-0.4, -0.2) is 249 Å². The molecule has 12 heterocycles. The van der Waals surface area contributed by atoms with Crippen molar-refractivity contribution >= 4 is 90.3 Å². The predicted molar refractivity (Wildman–Crippen MR) is 507 cm³/mol. The van der Waals surface area contributed by atoms with E-state index in [4.69, 9.17) is 23.0 Å². The topological polar surface area (TPSA) is 222 Å². The average molecular weight is 1750 g/mol. The molecule has 7 aliphatic heterocycles. The van der Waals surface area contributed by atoms with E-state index in [0.29, 0.717) is 61.0 Å². The van der Waals surface area contributed by atoms with Gasteiger partial charge in [-0.15, -0.1) is 0 Å². The number of aromatic nitrogens is 3. The minimum atomic E-state index is -0.507. The van der Waals surface area contributed by atoms with Gasteiger partial charge in [0.2, 0.25) is 0 Å². The summed E-state index contributed by atoms with van der Waals surface area (Å²) in [6.07, 6.45) is 5.24. The third-order valence-electron chi connectivity index (χ3n) is 25.8. The molecule has 0 bridgehead atoms. The number of carbonyl (C=O) groups is 6. The maximum absolute atomic E-state index is 12.9. The first-order chi connectivity index (χ1) is 63.2. The van der Waals surface area contributed by atoms with E-state index in [1.54, 1.807) is 16.0 Å². The number of hydrogen-bond donors (Lipinski definition) is 1. The number of pyridine rings is 1. The van der Waals surface area contributed by atoms with E-state index in [-0.39, 0.29) is 35.6 Å². The molecule has 6 amide bonds. The first-order valence-corrected chi connectivity index (χ1v) is 45.6. The fourth-order valence-corrected chi connectivity index (χ4v) is 18.2. The van der Waals surface area contributed by atoms with Crippen LogP contribution in [0.3, 0.4) is 0 Å². The maximum Gasteiger partial charge on any atom is 0.410 e. The zero-order chi connectivity index (χ0) is 89.8. The Bertz CT molecular complexity index is 6220. The van der Waals surface area contributed by atoms with Crippen molar-refractivity contribution in [1.29, 1.82) is 0 Å². The van der Waals surface area contributed by atoms with E-state index in [1.807, 2.05) is 216 Å². The molecule has 0 saturated carbocycles. The number of ether oxygens (including phenoxy) is 3. The molecule has 24 heteroatoms. The van der Waals surface area contributed by atoms with Crippen LogP contribution in [0.1, 0.15) is 132 Å². The summed E-state index contributed by atoms with van der Waals surface area (Å²) in [6.45, 7) is 28.5. The van der Waals surface area contributed by atoms with Crippen molar-refractivity contribution in [2.45, 2.75) is 78.2 Å². The van der Waals surface area contributed by atoms with Crippen LogP contribution in [0.25, 0.3) is 54.6 Å². The molecular weight excluding hydrogens is 1630 g/mol. The molecular formula is C106H115N13O11. The monoisotopic (exact) mass is 1750 g/mol. The Morgan fingerprint density at radius 3 is 1.45 bits per heavy atom. The molecule has 24 nitrogen and oxygen atoms in total. The molecule has 5 fully saturated rings. The molecule has 0 spiro atoms. The van der Waals surface area contributed by atoms with Crippen LogP contribution in [0.15, 0.2) is 264 Å². The van der Waals surface area contributed by atoms with E-state index >= 15 is 0 Å². The van der Waals surface area contributed by atoms with Crippen molar-refractivity contribution in [1.82, 2.24) is 63.5 Å². The van der Waals surface area contributed by atoms with Crippen LogP contribution in [0.5, 0.6) is 11.5 Å². The van der Waals surface area contributed by atoms with E-state index in [9.17, 15) is 28.8 Å². The SMILES string of the molecule is CC(c1ccccc1)N1CCN(C(=O)c2cc3ccccc3o2)CC1.CC(c1ccccc1)N1CCN(C(=O)c2cnc3ccccc3c2)CC1.Cn1c(C(=O)N2CCN(C(=O)OC(C)(C)C)CC2)cc2ccccc21.O=C(c1c[nH]c2ccccc12)N1CCN(Cc2ccc3c(c2)CCO3)CC1.O=C(c1cc2ccccc2o1)N1CCN(Cc2ccc3c(c2)OCC3)CC1. The Morgan fingerprint density at radius 2 is 0.877 bits per heavy atom. The number of para-hydroxylation sites is 5. The normalized spacial score (nSPS) is 16.7. The molecule has 7 aliphatic rings. The van der Waals surface area contributed by atoms with Crippen molar-refractivity contribution in [3.8, 4) is 11.5 Å². The van der Waals surface area contributed by atoms with Gasteiger partial charge in [-0.1, -0.05) is 176 Å².